The smallest absolute Gasteiger partial charge is 0.410 e. The van der Waals surface area contributed by atoms with Crippen LogP contribution in [0.25, 0.3) is 0 Å². The third-order valence-electron chi connectivity index (χ3n) is 3.56. The van der Waals surface area contributed by atoms with Crippen molar-refractivity contribution in [2.45, 2.75) is 32.4 Å². The van der Waals surface area contributed by atoms with E-state index in [2.05, 4.69) is 27.6 Å². The van der Waals surface area contributed by atoms with E-state index in [4.69, 9.17) is 9.47 Å². The lowest BCUT2D eigenvalue weighted by atomic mass is 10.1. The predicted molar refractivity (Wildman–Crippen MR) is 95.5 cm³/mol. The number of rotatable bonds is 7. The minimum absolute atomic E-state index is 0.204. The first-order valence-corrected chi connectivity index (χ1v) is 8.37. The van der Waals surface area contributed by atoms with Crippen LogP contribution in [0.15, 0.2) is 4.99 Å². The number of hydrogen-bond acceptors (Lipinski definition) is 5. The lowest BCUT2D eigenvalue weighted by Gasteiger charge is -2.40. The minimum atomic E-state index is -0.456. The monoisotopic (exact) mass is 343 g/mol. The van der Waals surface area contributed by atoms with Crippen molar-refractivity contribution < 1.29 is 14.3 Å². The van der Waals surface area contributed by atoms with E-state index in [1.54, 1.807) is 19.1 Å². The zero-order chi connectivity index (χ0) is 18.2. The summed E-state index contributed by atoms with van der Waals surface area (Å²) in [5.74, 6) is 0.754. The highest BCUT2D eigenvalue weighted by molar-refractivity contribution is 5.80. The summed E-state index contributed by atoms with van der Waals surface area (Å²) in [7, 11) is 5.51. The van der Waals surface area contributed by atoms with Crippen LogP contribution in [0.5, 0.6) is 0 Å². The highest BCUT2D eigenvalue weighted by Gasteiger charge is 2.34. The largest absolute Gasteiger partial charge is 0.444 e. The Kier molecular flexibility index (Phi) is 8.27. The fourth-order valence-electron chi connectivity index (χ4n) is 2.16. The number of ether oxygens (including phenoxy) is 2. The second kappa shape index (κ2) is 9.68. The highest BCUT2D eigenvalue weighted by Crippen LogP contribution is 2.15. The lowest BCUT2D eigenvalue weighted by molar-refractivity contribution is 0.00701. The van der Waals surface area contributed by atoms with Crippen molar-refractivity contribution in [2.75, 3.05) is 60.5 Å². The van der Waals surface area contributed by atoms with Crippen LogP contribution in [0, 0.1) is 0 Å². The van der Waals surface area contributed by atoms with Gasteiger partial charge in [-0.1, -0.05) is 0 Å². The van der Waals surface area contributed by atoms with Gasteiger partial charge >= 0.3 is 6.09 Å². The summed E-state index contributed by atoms with van der Waals surface area (Å²) in [6, 6.07) is 0.204. The van der Waals surface area contributed by atoms with E-state index in [-0.39, 0.29) is 12.1 Å². The molecule has 2 N–H and O–H groups in total. The maximum atomic E-state index is 11.9. The van der Waals surface area contributed by atoms with E-state index in [1.165, 1.54) is 0 Å². The summed E-state index contributed by atoms with van der Waals surface area (Å²) < 4.78 is 10.4. The Morgan fingerprint density at radius 2 is 2.00 bits per heavy atom. The first kappa shape index (κ1) is 20.5. The third-order valence-corrected chi connectivity index (χ3v) is 3.56. The van der Waals surface area contributed by atoms with Gasteiger partial charge in [0.1, 0.15) is 5.60 Å². The number of amides is 1. The number of methoxy groups -OCH3 is 1. The van der Waals surface area contributed by atoms with Gasteiger partial charge in [0, 0.05) is 46.9 Å². The molecule has 0 aliphatic carbocycles. The Morgan fingerprint density at radius 3 is 2.54 bits per heavy atom. The Hall–Kier alpha value is -1.54. The summed E-state index contributed by atoms with van der Waals surface area (Å²) in [5, 5.41) is 6.59. The normalized spacial score (nSPS) is 16.1. The van der Waals surface area contributed by atoms with Gasteiger partial charge in [0.25, 0.3) is 0 Å². The molecular formula is C16H33N5O3. The summed E-state index contributed by atoms with van der Waals surface area (Å²) in [4.78, 5) is 20.0. The molecule has 0 saturated carbocycles. The molecule has 8 nitrogen and oxygen atoms in total. The van der Waals surface area contributed by atoms with E-state index >= 15 is 0 Å². The zero-order valence-electron chi connectivity index (χ0n) is 15.9. The van der Waals surface area contributed by atoms with Gasteiger partial charge in [0.2, 0.25) is 0 Å². The fraction of sp³-hybridized carbons (Fsp3) is 0.875. The number of carbonyl (C=O) groups is 1. The van der Waals surface area contributed by atoms with Crippen molar-refractivity contribution >= 4 is 12.1 Å². The molecule has 1 aliphatic rings. The number of guanidine groups is 1. The maximum Gasteiger partial charge on any atom is 0.410 e. The molecule has 1 aliphatic heterocycles. The first-order chi connectivity index (χ1) is 11.2. The van der Waals surface area contributed by atoms with Crippen molar-refractivity contribution in [3.05, 3.63) is 0 Å². The van der Waals surface area contributed by atoms with Crippen LogP contribution in [-0.2, 0) is 9.47 Å². The van der Waals surface area contributed by atoms with Gasteiger partial charge in [-0.05, 0) is 27.8 Å². The fourth-order valence-corrected chi connectivity index (χ4v) is 2.16. The second-order valence-corrected chi connectivity index (χ2v) is 7.02. The van der Waals surface area contributed by atoms with E-state index < -0.39 is 5.60 Å². The molecule has 1 saturated heterocycles. The topological polar surface area (TPSA) is 78.4 Å². The van der Waals surface area contributed by atoms with E-state index in [9.17, 15) is 4.79 Å². The summed E-state index contributed by atoms with van der Waals surface area (Å²) >= 11 is 0. The van der Waals surface area contributed by atoms with Gasteiger partial charge in [-0.3, -0.25) is 4.99 Å². The Bertz CT molecular complexity index is 416. The molecule has 8 heteroatoms. The van der Waals surface area contributed by atoms with Gasteiger partial charge in [-0.2, -0.15) is 0 Å². The molecule has 0 unspecified atom stereocenters. The van der Waals surface area contributed by atoms with Gasteiger partial charge < -0.3 is 29.9 Å². The van der Waals surface area contributed by atoms with Crippen LogP contribution in [0.1, 0.15) is 20.8 Å². The molecule has 1 fully saturated rings. The Morgan fingerprint density at radius 1 is 1.33 bits per heavy atom. The number of carbonyl (C=O) groups excluding carboxylic acids is 1. The first-order valence-electron chi connectivity index (χ1n) is 8.37. The molecule has 0 aromatic heterocycles. The van der Waals surface area contributed by atoms with Crippen LogP contribution in [0.4, 0.5) is 4.79 Å². The van der Waals surface area contributed by atoms with Crippen molar-refractivity contribution in [3.8, 4) is 0 Å². The molecule has 0 atom stereocenters. The second-order valence-electron chi connectivity index (χ2n) is 7.02. The molecule has 0 spiro atoms. The molecular weight excluding hydrogens is 310 g/mol. The lowest BCUT2D eigenvalue weighted by Crippen LogP contribution is -2.63. The van der Waals surface area contributed by atoms with Gasteiger partial charge in [0.15, 0.2) is 5.96 Å². The Balaban J connectivity index is 2.21. The molecule has 1 amide bonds. The number of likely N-dealkylation sites (N-methyl/N-ethyl adjacent to an activating group) is 1. The van der Waals surface area contributed by atoms with Crippen molar-refractivity contribution in [2.24, 2.45) is 4.99 Å². The number of nitrogens with zero attached hydrogens (tertiary/aromatic N) is 3. The molecule has 0 aromatic carbocycles. The highest BCUT2D eigenvalue weighted by atomic mass is 16.6. The predicted octanol–water partition coefficient (Wildman–Crippen LogP) is 0.349. The average Bonchev–Trinajstić information content (AvgIpc) is 2.44. The van der Waals surface area contributed by atoms with Gasteiger partial charge in [-0.25, -0.2) is 4.79 Å². The molecule has 140 valence electrons. The van der Waals surface area contributed by atoms with Crippen LogP contribution < -0.4 is 10.6 Å². The molecule has 0 aromatic rings. The van der Waals surface area contributed by atoms with E-state index in [0.717, 1.165) is 32.2 Å². The minimum Gasteiger partial charge on any atom is -0.444 e. The van der Waals surface area contributed by atoms with Crippen LogP contribution in [0.3, 0.4) is 0 Å². The summed E-state index contributed by atoms with van der Waals surface area (Å²) in [6.45, 7) is 10.2. The zero-order valence-corrected chi connectivity index (χ0v) is 15.9. The third kappa shape index (κ3) is 7.83. The van der Waals surface area contributed by atoms with Crippen molar-refractivity contribution in [1.82, 2.24) is 20.4 Å². The summed E-state index contributed by atoms with van der Waals surface area (Å²) in [5.41, 5.74) is -0.456. The SMILES string of the molecule is CN=C(NCCN(C)CCOC)NC1CN(C(=O)OC(C)(C)C)C1. The van der Waals surface area contributed by atoms with Crippen molar-refractivity contribution in [1.29, 1.82) is 0 Å². The van der Waals surface area contributed by atoms with Crippen LogP contribution in [0.2, 0.25) is 0 Å². The number of aliphatic imine (C=N–C) groups is 1. The van der Waals surface area contributed by atoms with Gasteiger partial charge in [0.05, 0.1) is 12.6 Å². The Labute approximate surface area is 145 Å². The van der Waals surface area contributed by atoms with Crippen LogP contribution >= 0.6 is 0 Å². The summed E-state index contributed by atoms with van der Waals surface area (Å²) in [6.07, 6.45) is -0.261. The van der Waals surface area contributed by atoms with Crippen molar-refractivity contribution in [3.63, 3.8) is 0 Å². The maximum absolute atomic E-state index is 11.9. The molecule has 0 radical (unpaired) electrons. The standard InChI is InChI=1S/C16H33N5O3/c1-16(2,3)24-15(22)21-11-13(12-21)19-14(17-4)18-7-8-20(5)9-10-23-6/h13H,7-12H2,1-6H3,(H2,17,18,19). The van der Waals surface area contributed by atoms with E-state index in [1.807, 2.05) is 20.8 Å². The number of nitrogens with one attached hydrogen (secondary N) is 2. The average molecular weight is 343 g/mol. The molecule has 1 rings (SSSR count). The van der Waals surface area contributed by atoms with Gasteiger partial charge in [-0.15, -0.1) is 0 Å². The number of hydrogen-bond donors (Lipinski definition) is 2. The van der Waals surface area contributed by atoms with E-state index in [0.29, 0.717) is 13.1 Å². The quantitative estimate of drug-likeness (QED) is 0.513. The number of likely N-dealkylation sites (tertiary alicyclic amines) is 1. The molecule has 0 bridgehead atoms. The molecule has 24 heavy (non-hydrogen) atoms. The molecule has 1 heterocycles. The van der Waals surface area contributed by atoms with Crippen LogP contribution in [-0.4, -0.2) is 94.0 Å².